The van der Waals surface area contributed by atoms with E-state index in [1.165, 1.54) is 12.0 Å². The van der Waals surface area contributed by atoms with Crippen molar-refractivity contribution < 1.29 is 19.4 Å². The average Bonchev–Trinajstić information content (AvgIpc) is 2.81. The molecule has 38 heavy (non-hydrogen) atoms. The smallest absolute Gasteiger partial charge is 0.330 e. The van der Waals surface area contributed by atoms with Crippen molar-refractivity contribution in [2.24, 2.45) is 50.2 Å². The van der Waals surface area contributed by atoms with E-state index in [1.54, 1.807) is 12.2 Å². The molecule has 0 saturated heterocycles. The third kappa shape index (κ3) is 3.66. The molecule has 212 valence electrons. The Labute approximate surface area is 231 Å². The zero-order chi connectivity index (χ0) is 27.9. The van der Waals surface area contributed by atoms with Crippen LogP contribution < -0.4 is 0 Å². The Hall–Kier alpha value is -1.58. The summed E-state index contributed by atoms with van der Waals surface area (Å²) in [7, 11) is 0. The first-order valence-corrected chi connectivity index (χ1v) is 15.3. The van der Waals surface area contributed by atoms with E-state index in [2.05, 4.69) is 54.5 Å². The number of carbonyl (C=O) groups is 2. The molecule has 8 atom stereocenters. The summed E-state index contributed by atoms with van der Waals surface area (Å²) >= 11 is 0. The Balaban J connectivity index is 1.52. The van der Waals surface area contributed by atoms with Crippen LogP contribution in [0.25, 0.3) is 0 Å². The fourth-order valence-corrected chi connectivity index (χ4v) is 11.1. The Kier molecular flexibility index (Phi) is 6.41. The molecule has 5 aliphatic rings. The first-order chi connectivity index (χ1) is 17.6. The molecule has 0 aliphatic heterocycles. The molecule has 4 saturated carbocycles. The topological polar surface area (TPSA) is 63.6 Å². The zero-order valence-corrected chi connectivity index (χ0v) is 25.3. The largest absolute Gasteiger partial charge is 0.481 e. The van der Waals surface area contributed by atoms with E-state index in [9.17, 15) is 14.7 Å². The van der Waals surface area contributed by atoms with Crippen molar-refractivity contribution in [3.63, 3.8) is 0 Å². The van der Waals surface area contributed by atoms with E-state index in [4.69, 9.17) is 4.74 Å². The second kappa shape index (κ2) is 8.71. The number of fused-ring (bicyclic) bond motifs is 7. The number of hydrogen-bond acceptors (Lipinski definition) is 3. The molecule has 5 rings (SSSR count). The molecular formula is C34H52O4. The van der Waals surface area contributed by atoms with Gasteiger partial charge in [-0.25, -0.2) is 4.79 Å². The van der Waals surface area contributed by atoms with Crippen LogP contribution in [0.2, 0.25) is 0 Å². The number of carboxylic acid groups (broad SMARTS) is 1. The Bertz CT molecular complexity index is 1070. The average molecular weight is 525 g/mol. The van der Waals surface area contributed by atoms with E-state index in [1.807, 2.05) is 6.92 Å². The van der Waals surface area contributed by atoms with E-state index >= 15 is 0 Å². The van der Waals surface area contributed by atoms with Gasteiger partial charge in [0.1, 0.15) is 6.10 Å². The van der Waals surface area contributed by atoms with E-state index in [0.29, 0.717) is 11.8 Å². The molecule has 0 radical (unpaired) electrons. The molecule has 5 aliphatic carbocycles. The van der Waals surface area contributed by atoms with Gasteiger partial charge >= 0.3 is 11.9 Å². The molecule has 0 heterocycles. The number of esters is 1. The summed E-state index contributed by atoms with van der Waals surface area (Å²) in [5.74, 6) is 0.439. The highest BCUT2D eigenvalue weighted by Gasteiger charge is 2.69. The third-order valence-electron chi connectivity index (χ3n) is 13.6. The zero-order valence-electron chi connectivity index (χ0n) is 25.3. The number of carbonyl (C=O) groups excluding carboxylic acids is 1. The van der Waals surface area contributed by atoms with Gasteiger partial charge in [-0.15, -0.1) is 0 Å². The summed E-state index contributed by atoms with van der Waals surface area (Å²) < 4.78 is 6.03. The normalized spacial score (nSPS) is 47.1. The predicted molar refractivity (Wildman–Crippen MR) is 151 cm³/mol. The van der Waals surface area contributed by atoms with Crippen LogP contribution in [0.3, 0.4) is 0 Å². The lowest BCUT2D eigenvalue weighted by Gasteiger charge is -2.71. The first-order valence-electron chi connectivity index (χ1n) is 15.3. The van der Waals surface area contributed by atoms with Gasteiger partial charge in [0, 0.05) is 11.5 Å². The summed E-state index contributed by atoms with van der Waals surface area (Å²) in [6.45, 7) is 18.8. The van der Waals surface area contributed by atoms with Crippen LogP contribution in [0.5, 0.6) is 0 Å². The molecular weight excluding hydrogens is 472 g/mol. The molecule has 4 heteroatoms. The standard InChI is InChI=1S/C34H52O4/c1-9-10-27(35)38-26-14-15-31(6)24(30(26,4)5)13-16-33(8)25(31)12-11-22-23-21-29(2,3)17-19-34(23,28(36)37)20-18-32(22,33)7/h9-11,23-26H,12-21H2,1-8H3,(H,36,37)/b10-9+/t23-,24-,25+,26-,31-,32+,33+,34-/m0/s1. The molecule has 0 amide bonds. The molecule has 4 fully saturated rings. The van der Waals surface area contributed by atoms with Crippen LogP contribution in [0, 0.1) is 50.2 Å². The summed E-state index contributed by atoms with van der Waals surface area (Å²) in [6, 6.07) is 0. The van der Waals surface area contributed by atoms with Gasteiger partial charge in [-0.1, -0.05) is 66.2 Å². The predicted octanol–water partition coefficient (Wildman–Crippen LogP) is 8.36. The lowest BCUT2D eigenvalue weighted by atomic mass is 9.33. The third-order valence-corrected chi connectivity index (χ3v) is 13.6. The maximum atomic E-state index is 12.9. The minimum absolute atomic E-state index is 0.0420. The van der Waals surface area contributed by atoms with Gasteiger partial charge in [0.25, 0.3) is 0 Å². The summed E-state index contributed by atoms with van der Waals surface area (Å²) in [5.41, 5.74) is 1.40. The summed E-state index contributed by atoms with van der Waals surface area (Å²) in [6.07, 6.45) is 15.8. The van der Waals surface area contributed by atoms with Crippen LogP contribution in [0.4, 0.5) is 0 Å². The number of hydrogen-bond donors (Lipinski definition) is 1. The lowest BCUT2D eigenvalue weighted by Crippen LogP contribution is -2.65. The number of aliphatic carboxylic acids is 1. The SMILES string of the molecule is C/C=C/C(=O)O[C@H]1CC[C@]2(C)[C@H]3CC=C4[C@@H]5CC(C)(C)CC[C@]5(C(=O)O)CC[C@@]4(C)[C@]3(C)CC[C@H]2C1(C)C. The minimum atomic E-state index is -0.581. The molecule has 0 bridgehead atoms. The van der Waals surface area contributed by atoms with Crippen molar-refractivity contribution in [3.05, 3.63) is 23.8 Å². The van der Waals surface area contributed by atoms with Crippen LogP contribution in [-0.4, -0.2) is 23.1 Å². The molecule has 0 aromatic carbocycles. The van der Waals surface area contributed by atoms with E-state index in [0.717, 1.165) is 57.8 Å². The molecule has 0 aromatic heterocycles. The molecule has 0 spiro atoms. The second-order valence-electron chi connectivity index (χ2n) is 16.0. The molecule has 0 unspecified atom stereocenters. The number of allylic oxidation sites excluding steroid dienone is 3. The highest BCUT2D eigenvalue weighted by atomic mass is 16.5. The fourth-order valence-electron chi connectivity index (χ4n) is 11.1. The second-order valence-corrected chi connectivity index (χ2v) is 16.0. The van der Waals surface area contributed by atoms with Gasteiger partial charge in [0.15, 0.2) is 0 Å². The maximum absolute atomic E-state index is 12.9. The first kappa shape index (κ1) is 28.0. The Morgan fingerprint density at radius 3 is 2.26 bits per heavy atom. The van der Waals surface area contributed by atoms with Crippen molar-refractivity contribution in [2.75, 3.05) is 0 Å². The van der Waals surface area contributed by atoms with Crippen molar-refractivity contribution >= 4 is 11.9 Å². The van der Waals surface area contributed by atoms with Crippen molar-refractivity contribution in [1.29, 1.82) is 0 Å². The summed E-state index contributed by atoms with van der Waals surface area (Å²) in [4.78, 5) is 25.2. The van der Waals surface area contributed by atoms with Crippen molar-refractivity contribution in [3.8, 4) is 0 Å². The van der Waals surface area contributed by atoms with Gasteiger partial charge in [-0.05, 0) is 111 Å². The monoisotopic (exact) mass is 524 g/mol. The van der Waals surface area contributed by atoms with Crippen LogP contribution in [0.1, 0.15) is 120 Å². The Morgan fingerprint density at radius 1 is 0.921 bits per heavy atom. The highest BCUT2D eigenvalue weighted by Crippen LogP contribution is 2.75. The number of carboxylic acids is 1. The minimum Gasteiger partial charge on any atom is -0.481 e. The number of ether oxygens (including phenoxy) is 1. The summed E-state index contributed by atoms with van der Waals surface area (Å²) in [5, 5.41) is 10.6. The van der Waals surface area contributed by atoms with Crippen molar-refractivity contribution in [1.82, 2.24) is 0 Å². The van der Waals surface area contributed by atoms with Crippen LogP contribution >= 0.6 is 0 Å². The van der Waals surface area contributed by atoms with Gasteiger partial charge in [0.05, 0.1) is 5.41 Å². The molecule has 1 N–H and O–H groups in total. The molecule has 4 nitrogen and oxygen atoms in total. The van der Waals surface area contributed by atoms with Gasteiger partial charge in [0.2, 0.25) is 0 Å². The van der Waals surface area contributed by atoms with Crippen LogP contribution in [-0.2, 0) is 14.3 Å². The van der Waals surface area contributed by atoms with E-state index in [-0.39, 0.29) is 45.1 Å². The van der Waals surface area contributed by atoms with Crippen LogP contribution in [0.15, 0.2) is 23.8 Å². The highest BCUT2D eigenvalue weighted by molar-refractivity contribution is 5.82. The lowest BCUT2D eigenvalue weighted by molar-refractivity contribution is -0.212. The quantitative estimate of drug-likeness (QED) is 0.229. The fraction of sp³-hybridized carbons (Fsp3) is 0.824. The van der Waals surface area contributed by atoms with Gasteiger partial charge in [-0.3, -0.25) is 4.79 Å². The number of rotatable bonds is 3. The maximum Gasteiger partial charge on any atom is 0.330 e. The van der Waals surface area contributed by atoms with Gasteiger partial charge < -0.3 is 9.84 Å². The Morgan fingerprint density at radius 2 is 1.61 bits per heavy atom. The van der Waals surface area contributed by atoms with E-state index < -0.39 is 11.4 Å². The van der Waals surface area contributed by atoms with Crippen molar-refractivity contribution in [2.45, 2.75) is 126 Å². The molecule has 0 aromatic rings. The van der Waals surface area contributed by atoms with Gasteiger partial charge in [-0.2, -0.15) is 0 Å².